The zero-order chi connectivity index (χ0) is 24.9. The number of ether oxygens (including phenoxy) is 1. The number of amides is 1. The Morgan fingerprint density at radius 3 is 2.21 bits per heavy atom. The van der Waals surface area contributed by atoms with Crippen molar-refractivity contribution >= 4 is 45.0 Å². The topological polar surface area (TPSA) is 92.8 Å². The molecule has 0 spiro atoms. The highest BCUT2D eigenvalue weighted by Crippen LogP contribution is 2.26. The summed E-state index contributed by atoms with van der Waals surface area (Å²) < 4.78 is 32.9. The first-order valence-corrected chi connectivity index (χ1v) is 13.0. The molecule has 0 saturated heterocycles. The molecule has 9 heteroatoms. The molecule has 0 radical (unpaired) electrons. The minimum absolute atomic E-state index is 0.0857. The third kappa shape index (κ3) is 5.60. The van der Waals surface area contributed by atoms with Crippen molar-refractivity contribution < 1.29 is 22.7 Å². The summed E-state index contributed by atoms with van der Waals surface area (Å²) in [6.45, 7) is 3.13. The fraction of sp³-hybridized carbons (Fsp3) is 0.200. The maximum Gasteiger partial charge on any atom is 0.338 e. The molecule has 0 heterocycles. The van der Waals surface area contributed by atoms with Gasteiger partial charge in [-0.05, 0) is 74.2 Å². The first-order valence-electron chi connectivity index (χ1n) is 10.4. The van der Waals surface area contributed by atoms with E-state index >= 15 is 0 Å². The molecule has 3 aromatic carbocycles. The second-order valence-corrected chi connectivity index (χ2v) is 10.3. The lowest BCUT2D eigenvalue weighted by molar-refractivity contribution is -0.114. The first-order chi connectivity index (χ1) is 16.2. The van der Waals surface area contributed by atoms with Crippen LogP contribution in [0.1, 0.15) is 21.5 Å². The quantitative estimate of drug-likeness (QED) is 0.359. The summed E-state index contributed by atoms with van der Waals surface area (Å²) in [5, 5.41) is 2.73. The number of nitrogens with zero attached hydrogens (tertiary/aromatic N) is 1. The molecule has 0 unspecified atom stereocenters. The van der Waals surface area contributed by atoms with E-state index in [0.29, 0.717) is 22.5 Å². The lowest BCUT2D eigenvalue weighted by Gasteiger charge is -2.24. The lowest BCUT2D eigenvalue weighted by Crippen LogP contribution is -2.38. The van der Waals surface area contributed by atoms with E-state index in [1.165, 1.54) is 31.0 Å². The molecule has 0 aliphatic carbocycles. The van der Waals surface area contributed by atoms with Gasteiger partial charge >= 0.3 is 5.97 Å². The number of nitrogens with one attached hydrogen (secondary N) is 1. The van der Waals surface area contributed by atoms with E-state index in [2.05, 4.69) is 5.32 Å². The number of hydrogen-bond acceptors (Lipinski definition) is 6. The number of rotatable bonds is 8. The van der Waals surface area contributed by atoms with Crippen LogP contribution in [-0.2, 0) is 19.6 Å². The third-order valence-corrected chi connectivity index (χ3v) is 7.80. The molecular weight excluding hydrogens is 472 g/mol. The lowest BCUT2D eigenvalue weighted by atomic mass is 10.1. The first kappa shape index (κ1) is 25.3. The molecule has 0 atom stereocenters. The van der Waals surface area contributed by atoms with Crippen LogP contribution < -0.4 is 9.62 Å². The van der Waals surface area contributed by atoms with Crippen molar-refractivity contribution in [1.82, 2.24) is 0 Å². The van der Waals surface area contributed by atoms with Gasteiger partial charge in [-0.1, -0.05) is 23.8 Å². The zero-order valence-corrected chi connectivity index (χ0v) is 21.0. The Kier molecular flexibility index (Phi) is 8.01. The van der Waals surface area contributed by atoms with Crippen LogP contribution in [0.2, 0.25) is 0 Å². The Hall–Kier alpha value is -3.30. The van der Waals surface area contributed by atoms with E-state index in [1.54, 1.807) is 61.5 Å². The van der Waals surface area contributed by atoms with E-state index in [0.717, 1.165) is 14.8 Å². The molecule has 1 amide bonds. The monoisotopic (exact) mass is 498 g/mol. The van der Waals surface area contributed by atoms with Gasteiger partial charge in [-0.25, -0.2) is 13.2 Å². The molecule has 3 rings (SSSR count). The van der Waals surface area contributed by atoms with E-state index in [-0.39, 0.29) is 4.90 Å². The summed E-state index contributed by atoms with van der Waals surface area (Å²) >= 11 is 1.51. The van der Waals surface area contributed by atoms with Gasteiger partial charge in [-0.15, -0.1) is 11.8 Å². The highest BCUT2D eigenvalue weighted by Gasteiger charge is 2.27. The van der Waals surface area contributed by atoms with Gasteiger partial charge in [-0.3, -0.25) is 9.10 Å². The van der Waals surface area contributed by atoms with Crippen molar-refractivity contribution in [2.45, 2.75) is 23.6 Å². The molecule has 7 nitrogen and oxygen atoms in total. The largest absolute Gasteiger partial charge is 0.465 e. The summed E-state index contributed by atoms with van der Waals surface area (Å²) in [6.07, 6.45) is 1.91. The molecular formula is C25H26N2O5S2. The van der Waals surface area contributed by atoms with Crippen LogP contribution >= 0.6 is 11.8 Å². The number of carbonyl (C=O) groups is 2. The van der Waals surface area contributed by atoms with Gasteiger partial charge in [0.15, 0.2) is 0 Å². The highest BCUT2D eigenvalue weighted by atomic mass is 32.2. The van der Waals surface area contributed by atoms with Crippen LogP contribution in [0.4, 0.5) is 11.4 Å². The van der Waals surface area contributed by atoms with Crippen LogP contribution in [-0.4, -0.2) is 40.2 Å². The SMILES string of the molecule is COC(=O)c1cccc(NC(=O)CN(c2ccc(C)cc2)S(=O)(=O)c2ccc(SC)cc2)c1C. The summed E-state index contributed by atoms with van der Waals surface area (Å²) in [5.41, 5.74) is 2.58. The van der Waals surface area contributed by atoms with Crippen molar-refractivity contribution in [3.8, 4) is 0 Å². The molecule has 0 aliphatic rings. The molecule has 3 aromatic rings. The number of aryl methyl sites for hydroxylation is 1. The number of sulfonamides is 1. The van der Waals surface area contributed by atoms with E-state index < -0.39 is 28.4 Å². The standard InChI is InChI=1S/C25H26N2O5S2/c1-17-8-10-19(11-9-17)27(34(30,31)21-14-12-20(33-4)13-15-21)16-24(28)26-23-7-5-6-22(18(23)2)25(29)32-3/h5-15H,16H2,1-4H3,(H,26,28). The van der Waals surface area contributed by atoms with E-state index in [4.69, 9.17) is 4.74 Å². The van der Waals surface area contributed by atoms with E-state index in [1.807, 2.05) is 13.2 Å². The Morgan fingerprint density at radius 1 is 0.971 bits per heavy atom. The maximum absolute atomic E-state index is 13.5. The maximum atomic E-state index is 13.5. The normalized spacial score (nSPS) is 11.1. The number of esters is 1. The Balaban J connectivity index is 1.94. The summed E-state index contributed by atoms with van der Waals surface area (Å²) in [4.78, 5) is 26.0. The van der Waals surface area contributed by atoms with Crippen molar-refractivity contribution in [2.24, 2.45) is 0 Å². The molecule has 0 bridgehead atoms. The Bertz CT molecular complexity index is 1290. The number of benzene rings is 3. The minimum Gasteiger partial charge on any atom is -0.465 e. The number of hydrogen-bond donors (Lipinski definition) is 1. The predicted molar refractivity (Wildman–Crippen MR) is 135 cm³/mol. The fourth-order valence-corrected chi connectivity index (χ4v) is 5.15. The smallest absolute Gasteiger partial charge is 0.338 e. The van der Waals surface area contributed by atoms with Crippen molar-refractivity contribution in [1.29, 1.82) is 0 Å². The Morgan fingerprint density at radius 2 is 1.62 bits per heavy atom. The molecule has 178 valence electrons. The molecule has 0 aliphatic heterocycles. The summed E-state index contributed by atoms with van der Waals surface area (Å²) in [6, 6.07) is 18.3. The van der Waals surface area contributed by atoms with Gasteiger partial charge in [0.05, 0.1) is 23.3 Å². The molecule has 0 fully saturated rings. The van der Waals surface area contributed by atoms with Gasteiger partial charge in [-0.2, -0.15) is 0 Å². The summed E-state index contributed by atoms with van der Waals surface area (Å²) in [7, 11) is -2.75. The minimum atomic E-state index is -4.03. The predicted octanol–water partition coefficient (Wildman–Crippen LogP) is 4.65. The zero-order valence-electron chi connectivity index (χ0n) is 19.4. The van der Waals surface area contributed by atoms with Crippen LogP contribution in [0.25, 0.3) is 0 Å². The average Bonchev–Trinajstić information content (AvgIpc) is 2.84. The molecule has 34 heavy (non-hydrogen) atoms. The van der Waals surface area contributed by atoms with Crippen LogP contribution in [0, 0.1) is 13.8 Å². The number of methoxy groups -OCH3 is 1. The van der Waals surface area contributed by atoms with Crippen molar-refractivity contribution in [2.75, 3.05) is 29.5 Å². The van der Waals surface area contributed by atoms with Crippen LogP contribution in [0.3, 0.4) is 0 Å². The summed E-state index contributed by atoms with van der Waals surface area (Å²) in [5.74, 6) is -1.07. The molecule has 0 aromatic heterocycles. The van der Waals surface area contributed by atoms with Gasteiger partial charge < -0.3 is 10.1 Å². The number of thioether (sulfide) groups is 1. The van der Waals surface area contributed by atoms with Gasteiger partial charge in [0.1, 0.15) is 6.54 Å². The number of carbonyl (C=O) groups excluding carboxylic acids is 2. The second-order valence-electron chi connectivity index (χ2n) is 7.54. The van der Waals surface area contributed by atoms with Crippen molar-refractivity contribution in [3.63, 3.8) is 0 Å². The fourth-order valence-electron chi connectivity index (χ4n) is 3.32. The van der Waals surface area contributed by atoms with Gasteiger partial charge in [0.2, 0.25) is 5.91 Å². The van der Waals surface area contributed by atoms with Gasteiger partial charge in [0.25, 0.3) is 10.0 Å². The Labute approximate surface area is 204 Å². The average molecular weight is 499 g/mol. The third-order valence-electron chi connectivity index (χ3n) is 5.27. The van der Waals surface area contributed by atoms with Crippen molar-refractivity contribution in [3.05, 3.63) is 83.4 Å². The highest BCUT2D eigenvalue weighted by molar-refractivity contribution is 7.98. The second kappa shape index (κ2) is 10.8. The van der Waals surface area contributed by atoms with Gasteiger partial charge in [0, 0.05) is 10.6 Å². The molecule has 0 saturated carbocycles. The molecule has 1 N–H and O–H groups in total. The number of anilines is 2. The van der Waals surface area contributed by atoms with Crippen LogP contribution in [0.5, 0.6) is 0 Å². The van der Waals surface area contributed by atoms with E-state index in [9.17, 15) is 18.0 Å². The van der Waals surface area contributed by atoms with Crippen LogP contribution in [0.15, 0.2) is 76.5 Å².